The molecule has 0 aromatic heterocycles. The van der Waals surface area contributed by atoms with Gasteiger partial charge in [-0.15, -0.1) is 0 Å². The second kappa shape index (κ2) is 9.06. The lowest BCUT2D eigenvalue weighted by Crippen LogP contribution is -2.29. The van der Waals surface area contributed by atoms with Crippen LogP contribution in [0.4, 0.5) is 5.69 Å². The number of phenols is 1. The number of carbonyl (C=O) groups is 2. The standard InChI is InChI=1S/C28H27NO5/c1-5-18-6-10-20(11-7-18)29-25(19-8-12-21(30)13-9-19)24(27(32)28(29)33)26(31)22-14-17(3)23(34-4)15-16(22)2/h6-15,25,30-31H,5H2,1-4H3/b26-24+. The number of methoxy groups -OCH3 is 1. The molecule has 0 aliphatic carbocycles. The van der Waals surface area contributed by atoms with Crippen LogP contribution in [0.15, 0.2) is 66.2 Å². The molecular weight excluding hydrogens is 430 g/mol. The van der Waals surface area contributed by atoms with E-state index in [1.807, 2.05) is 32.9 Å². The fourth-order valence-electron chi connectivity index (χ4n) is 4.37. The zero-order valence-corrected chi connectivity index (χ0v) is 19.6. The Morgan fingerprint density at radius 1 is 0.971 bits per heavy atom. The molecule has 1 unspecified atom stereocenters. The van der Waals surface area contributed by atoms with Crippen LogP contribution >= 0.6 is 0 Å². The zero-order valence-electron chi connectivity index (χ0n) is 19.6. The highest BCUT2D eigenvalue weighted by Crippen LogP contribution is 2.43. The third-order valence-corrected chi connectivity index (χ3v) is 6.27. The fourth-order valence-corrected chi connectivity index (χ4v) is 4.37. The summed E-state index contributed by atoms with van der Waals surface area (Å²) in [6, 6.07) is 16.4. The number of aliphatic hydroxyl groups excluding tert-OH is 1. The van der Waals surface area contributed by atoms with E-state index in [-0.39, 0.29) is 17.1 Å². The van der Waals surface area contributed by atoms with E-state index < -0.39 is 17.7 Å². The Kier molecular flexibility index (Phi) is 6.16. The van der Waals surface area contributed by atoms with E-state index in [1.165, 1.54) is 17.0 Å². The van der Waals surface area contributed by atoms with Gasteiger partial charge in [0.05, 0.1) is 18.7 Å². The van der Waals surface area contributed by atoms with Crippen LogP contribution in [0.2, 0.25) is 0 Å². The Hall–Kier alpha value is -4.06. The SMILES string of the molecule is CCc1ccc(N2C(=O)C(=O)/C(=C(/O)c3cc(C)c(OC)cc3C)C2c2ccc(O)cc2)cc1. The summed E-state index contributed by atoms with van der Waals surface area (Å²) < 4.78 is 5.37. The minimum absolute atomic E-state index is 0.00271. The average molecular weight is 458 g/mol. The summed E-state index contributed by atoms with van der Waals surface area (Å²) in [5.41, 5.74) is 4.22. The molecule has 1 aliphatic rings. The molecule has 174 valence electrons. The second-order valence-corrected chi connectivity index (χ2v) is 8.42. The van der Waals surface area contributed by atoms with Crippen molar-refractivity contribution in [2.45, 2.75) is 33.2 Å². The highest BCUT2D eigenvalue weighted by atomic mass is 16.5. The van der Waals surface area contributed by atoms with Crippen LogP contribution in [0, 0.1) is 13.8 Å². The Labute approximate surface area is 198 Å². The molecule has 1 aliphatic heterocycles. The van der Waals surface area contributed by atoms with Crippen molar-refractivity contribution in [3.05, 3.63) is 94.1 Å². The first-order valence-corrected chi connectivity index (χ1v) is 11.1. The summed E-state index contributed by atoms with van der Waals surface area (Å²) in [6.45, 7) is 5.70. The largest absolute Gasteiger partial charge is 0.508 e. The van der Waals surface area contributed by atoms with Gasteiger partial charge in [0.25, 0.3) is 11.7 Å². The van der Waals surface area contributed by atoms with Gasteiger partial charge in [-0.2, -0.15) is 0 Å². The summed E-state index contributed by atoms with van der Waals surface area (Å²) in [7, 11) is 1.57. The van der Waals surface area contributed by atoms with Crippen LogP contribution in [-0.2, 0) is 16.0 Å². The quantitative estimate of drug-likeness (QED) is 0.312. The van der Waals surface area contributed by atoms with Crippen LogP contribution < -0.4 is 9.64 Å². The maximum atomic E-state index is 13.3. The number of hydrogen-bond donors (Lipinski definition) is 2. The number of anilines is 1. The number of ketones is 1. The van der Waals surface area contributed by atoms with Crippen LogP contribution in [0.25, 0.3) is 5.76 Å². The predicted octanol–water partition coefficient (Wildman–Crippen LogP) is 5.21. The number of ether oxygens (including phenoxy) is 1. The van der Waals surface area contributed by atoms with Gasteiger partial charge in [0.15, 0.2) is 0 Å². The van der Waals surface area contributed by atoms with Gasteiger partial charge < -0.3 is 14.9 Å². The second-order valence-electron chi connectivity index (χ2n) is 8.42. The number of amides is 1. The van der Waals surface area contributed by atoms with Gasteiger partial charge in [0.2, 0.25) is 0 Å². The van der Waals surface area contributed by atoms with Crippen LogP contribution in [0.3, 0.4) is 0 Å². The Morgan fingerprint density at radius 2 is 1.62 bits per heavy atom. The molecule has 4 rings (SSSR count). The van der Waals surface area contributed by atoms with Crippen molar-refractivity contribution >= 4 is 23.1 Å². The van der Waals surface area contributed by atoms with E-state index in [1.54, 1.807) is 43.5 Å². The van der Waals surface area contributed by atoms with E-state index in [4.69, 9.17) is 4.74 Å². The normalized spacial score (nSPS) is 17.3. The minimum Gasteiger partial charge on any atom is -0.508 e. The van der Waals surface area contributed by atoms with Crippen molar-refractivity contribution in [1.29, 1.82) is 0 Å². The molecule has 0 radical (unpaired) electrons. The van der Waals surface area contributed by atoms with E-state index >= 15 is 0 Å². The summed E-state index contributed by atoms with van der Waals surface area (Å²) in [6.07, 6.45) is 0.844. The van der Waals surface area contributed by atoms with Crippen LogP contribution in [0.5, 0.6) is 11.5 Å². The van der Waals surface area contributed by atoms with Crippen molar-refractivity contribution < 1.29 is 24.5 Å². The molecule has 1 atom stereocenters. The first-order chi connectivity index (χ1) is 16.3. The first-order valence-electron chi connectivity index (χ1n) is 11.1. The maximum absolute atomic E-state index is 13.3. The molecule has 6 nitrogen and oxygen atoms in total. The lowest BCUT2D eigenvalue weighted by molar-refractivity contribution is -0.132. The monoisotopic (exact) mass is 457 g/mol. The molecule has 1 amide bonds. The molecule has 1 heterocycles. The van der Waals surface area contributed by atoms with Gasteiger partial charge in [0, 0.05) is 11.3 Å². The molecule has 0 bridgehead atoms. The molecule has 1 saturated heterocycles. The zero-order chi connectivity index (χ0) is 24.6. The lowest BCUT2D eigenvalue weighted by Gasteiger charge is -2.26. The molecule has 2 N–H and O–H groups in total. The highest BCUT2D eigenvalue weighted by molar-refractivity contribution is 6.51. The molecule has 3 aromatic carbocycles. The average Bonchev–Trinajstić information content (AvgIpc) is 3.10. The van der Waals surface area contributed by atoms with Gasteiger partial charge in [-0.25, -0.2) is 0 Å². The minimum atomic E-state index is -0.852. The number of hydrogen-bond acceptors (Lipinski definition) is 5. The van der Waals surface area contributed by atoms with E-state index in [0.717, 1.165) is 17.5 Å². The number of aromatic hydroxyl groups is 1. The van der Waals surface area contributed by atoms with Gasteiger partial charge in [0.1, 0.15) is 17.3 Å². The number of aliphatic hydroxyl groups is 1. The maximum Gasteiger partial charge on any atom is 0.300 e. The summed E-state index contributed by atoms with van der Waals surface area (Å²) in [5, 5.41) is 21.2. The molecule has 0 spiro atoms. The lowest BCUT2D eigenvalue weighted by atomic mass is 9.93. The first kappa shape index (κ1) is 23.1. The summed E-state index contributed by atoms with van der Waals surface area (Å²) >= 11 is 0. The van der Waals surface area contributed by atoms with E-state index in [0.29, 0.717) is 28.1 Å². The van der Waals surface area contributed by atoms with Crippen LogP contribution in [0.1, 0.15) is 40.8 Å². The molecule has 6 heteroatoms. The molecule has 1 fully saturated rings. The van der Waals surface area contributed by atoms with Crippen molar-refractivity contribution in [2.75, 3.05) is 12.0 Å². The summed E-state index contributed by atoms with van der Waals surface area (Å²) in [4.78, 5) is 28.0. The number of carbonyl (C=O) groups excluding carboxylic acids is 2. The number of rotatable bonds is 5. The predicted molar refractivity (Wildman–Crippen MR) is 131 cm³/mol. The van der Waals surface area contributed by atoms with E-state index in [9.17, 15) is 19.8 Å². The van der Waals surface area contributed by atoms with Gasteiger partial charge >= 0.3 is 0 Å². The fraction of sp³-hybridized carbons (Fsp3) is 0.214. The van der Waals surface area contributed by atoms with Crippen molar-refractivity contribution in [2.24, 2.45) is 0 Å². The number of benzene rings is 3. The topological polar surface area (TPSA) is 87.1 Å². The van der Waals surface area contributed by atoms with Crippen molar-refractivity contribution in [3.8, 4) is 11.5 Å². The number of phenolic OH excluding ortho intramolecular Hbond substituents is 1. The van der Waals surface area contributed by atoms with Crippen molar-refractivity contribution in [3.63, 3.8) is 0 Å². The van der Waals surface area contributed by atoms with Crippen LogP contribution in [-0.4, -0.2) is 29.0 Å². The Morgan fingerprint density at radius 3 is 2.21 bits per heavy atom. The number of aryl methyl sites for hydroxylation is 3. The van der Waals surface area contributed by atoms with Gasteiger partial charge in [-0.05, 0) is 78.9 Å². The van der Waals surface area contributed by atoms with Gasteiger partial charge in [-0.3, -0.25) is 14.5 Å². The molecule has 3 aromatic rings. The van der Waals surface area contributed by atoms with E-state index in [2.05, 4.69) is 0 Å². The molecular formula is C28H27NO5. The third-order valence-electron chi connectivity index (χ3n) is 6.27. The highest BCUT2D eigenvalue weighted by Gasteiger charge is 2.47. The Balaban J connectivity index is 1.95. The molecule has 0 saturated carbocycles. The van der Waals surface area contributed by atoms with Gasteiger partial charge in [-0.1, -0.05) is 31.2 Å². The van der Waals surface area contributed by atoms with Crippen molar-refractivity contribution in [1.82, 2.24) is 0 Å². The smallest absolute Gasteiger partial charge is 0.300 e. The Bertz CT molecular complexity index is 1290. The third kappa shape index (κ3) is 3.92. The number of Topliss-reactive ketones (excluding diaryl/α,β-unsaturated/α-hetero) is 1. The molecule has 34 heavy (non-hydrogen) atoms. The number of nitrogens with zero attached hydrogens (tertiary/aromatic N) is 1. The summed E-state index contributed by atoms with van der Waals surface area (Å²) in [5.74, 6) is -0.989.